The predicted molar refractivity (Wildman–Crippen MR) is 96.2 cm³/mol. The van der Waals surface area contributed by atoms with Crippen molar-refractivity contribution >= 4 is 17.5 Å². The first-order valence-corrected chi connectivity index (χ1v) is 8.52. The number of hydrogen-bond acceptors (Lipinski definition) is 3. The first-order chi connectivity index (χ1) is 12.8. The van der Waals surface area contributed by atoms with Gasteiger partial charge in [-0.15, -0.1) is 0 Å². The van der Waals surface area contributed by atoms with Crippen LogP contribution in [0.5, 0.6) is 11.5 Å². The number of benzene rings is 2. The Balaban J connectivity index is 1.86. The maximum absolute atomic E-state index is 12.3. The minimum atomic E-state index is -4.43. The number of aryl methyl sites for hydroxylation is 1. The number of nitrogens with one attached hydrogen (secondary N) is 1. The van der Waals surface area contributed by atoms with E-state index in [4.69, 9.17) is 21.1 Å². The van der Waals surface area contributed by atoms with Gasteiger partial charge in [-0.05, 0) is 41.8 Å². The molecule has 0 aromatic heterocycles. The van der Waals surface area contributed by atoms with E-state index in [2.05, 4.69) is 5.32 Å². The molecule has 2 aromatic carbocycles. The van der Waals surface area contributed by atoms with Crippen molar-refractivity contribution in [2.45, 2.75) is 25.6 Å². The van der Waals surface area contributed by atoms with Gasteiger partial charge in [-0.1, -0.05) is 29.8 Å². The second kappa shape index (κ2) is 9.50. The summed E-state index contributed by atoms with van der Waals surface area (Å²) in [6, 6.07) is 11.8. The third-order valence-electron chi connectivity index (χ3n) is 3.64. The van der Waals surface area contributed by atoms with Crippen LogP contribution in [0.3, 0.4) is 0 Å². The maximum Gasteiger partial charge on any atom is 0.422 e. The van der Waals surface area contributed by atoms with Crippen LogP contribution in [-0.4, -0.2) is 25.8 Å². The average molecular weight is 402 g/mol. The highest BCUT2D eigenvalue weighted by atomic mass is 35.5. The van der Waals surface area contributed by atoms with E-state index in [0.29, 0.717) is 18.0 Å². The van der Waals surface area contributed by atoms with Crippen LogP contribution in [0.1, 0.15) is 17.5 Å². The summed E-state index contributed by atoms with van der Waals surface area (Å²) < 4.78 is 46.6. The summed E-state index contributed by atoms with van der Waals surface area (Å²) >= 11 is 5.89. The summed E-state index contributed by atoms with van der Waals surface area (Å²) in [5, 5.41) is 3.39. The monoisotopic (exact) mass is 401 g/mol. The molecule has 0 atom stereocenters. The topological polar surface area (TPSA) is 47.6 Å². The molecule has 0 aliphatic heterocycles. The zero-order valence-corrected chi connectivity index (χ0v) is 15.4. The highest BCUT2D eigenvalue weighted by Crippen LogP contribution is 2.30. The summed E-state index contributed by atoms with van der Waals surface area (Å²) in [5.74, 6) is 0.0476. The number of amides is 1. The van der Waals surface area contributed by atoms with Crippen molar-refractivity contribution in [2.75, 3.05) is 13.7 Å². The Morgan fingerprint density at radius 3 is 2.56 bits per heavy atom. The van der Waals surface area contributed by atoms with Crippen molar-refractivity contribution in [3.8, 4) is 11.5 Å². The third kappa shape index (κ3) is 7.38. The molecule has 2 aromatic rings. The number of halogens is 4. The summed E-state index contributed by atoms with van der Waals surface area (Å²) in [6.07, 6.45) is -3.78. The van der Waals surface area contributed by atoms with Gasteiger partial charge in [0.1, 0.15) is 0 Å². The molecule has 8 heteroatoms. The molecule has 1 amide bonds. The van der Waals surface area contributed by atoms with Crippen LogP contribution in [0, 0.1) is 0 Å². The van der Waals surface area contributed by atoms with Gasteiger partial charge in [-0.25, -0.2) is 0 Å². The van der Waals surface area contributed by atoms with Gasteiger partial charge in [0.25, 0.3) is 0 Å². The fourth-order valence-corrected chi connectivity index (χ4v) is 2.55. The summed E-state index contributed by atoms with van der Waals surface area (Å²) in [5.41, 5.74) is 1.65. The number of ether oxygens (including phenoxy) is 2. The van der Waals surface area contributed by atoms with E-state index >= 15 is 0 Å². The average Bonchev–Trinajstić information content (AvgIpc) is 2.62. The summed E-state index contributed by atoms with van der Waals surface area (Å²) in [4.78, 5) is 12.0. The number of methoxy groups -OCH3 is 1. The van der Waals surface area contributed by atoms with E-state index in [1.807, 2.05) is 6.07 Å². The second-order valence-corrected chi connectivity index (χ2v) is 6.23. The Morgan fingerprint density at radius 1 is 1.11 bits per heavy atom. The largest absolute Gasteiger partial charge is 0.493 e. The fourth-order valence-electron chi connectivity index (χ4n) is 2.34. The molecule has 2 rings (SSSR count). The van der Waals surface area contributed by atoms with Crippen molar-refractivity contribution in [2.24, 2.45) is 0 Å². The molecular weight excluding hydrogens is 383 g/mol. The number of hydrogen-bond donors (Lipinski definition) is 1. The fraction of sp³-hybridized carbons (Fsp3) is 0.316. The number of rotatable bonds is 8. The number of carbonyl (C=O) groups excluding carboxylic acids is 1. The predicted octanol–water partition coefficient (Wildman–Crippen LogP) is 4.54. The lowest BCUT2D eigenvalue weighted by molar-refractivity contribution is -0.153. The van der Waals surface area contributed by atoms with E-state index in [9.17, 15) is 18.0 Å². The quantitative estimate of drug-likeness (QED) is 0.706. The molecule has 0 spiro atoms. The Kier molecular flexibility index (Phi) is 7.36. The van der Waals surface area contributed by atoms with Crippen LogP contribution in [-0.2, 0) is 17.8 Å². The van der Waals surface area contributed by atoms with Gasteiger partial charge in [-0.3, -0.25) is 4.79 Å². The maximum atomic E-state index is 12.3. The number of carbonyl (C=O) groups is 1. The van der Waals surface area contributed by atoms with Crippen LogP contribution in [0.4, 0.5) is 13.2 Å². The molecule has 0 heterocycles. The van der Waals surface area contributed by atoms with E-state index in [1.165, 1.54) is 13.2 Å². The highest BCUT2D eigenvalue weighted by molar-refractivity contribution is 6.30. The molecule has 0 aliphatic carbocycles. The van der Waals surface area contributed by atoms with Crippen LogP contribution >= 0.6 is 11.6 Å². The van der Waals surface area contributed by atoms with Crippen LogP contribution in [0.25, 0.3) is 0 Å². The zero-order chi connectivity index (χ0) is 19.9. The zero-order valence-electron chi connectivity index (χ0n) is 14.6. The van der Waals surface area contributed by atoms with Gasteiger partial charge >= 0.3 is 6.18 Å². The Morgan fingerprint density at radius 2 is 1.89 bits per heavy atom. The lowest BCUT2D eigenvalue weighted by Gasteiger charge is -2.13. The van der Waals surface area contributed by atoms with Crippen molar-refractivity contribution < 1.29 is 27.4 Å². The molecule has 0 fully saturated rings. The van der Waals surface area contributed by atoms with Gasteiger partial charge in [0.05, 0.1) is 7.11 Å². The summed E-state index contributed by atoms with van der Waals surface area (Å²) in [6.45, 7) is -1.03. The number of alkyl halides is 3. The van der Waals surface area contributed by atoms with Crippen molar-refractivity contribution in [1.82, 2.24) is 5.32 Å². The molecule has 1 N–H and O–H groups in total. The van der Waals surface area contributed by atoms with Crippen LogP contribution < -0.4 is 14.8 Å². The SMILES string of the molecule is COc1cc(CCC(=O)NCc2cccc(Cl)c2)ccc1OCC(F)(F)F. The second-order valence-electron chi connectivity index (χ2n) is 5.80. The molecule has 146 valence electrons. The van der Waals surface area contributed by atoms with Gasteiger partial charge < -0.3 is 14.8 Å². The van der Waals surface area contributed by atoms with E-state index < -0.39 is 12.8 Å². The molecule has 0 unspecified atom stereocenters. The van der Waals surface area contributed by atoms with E-state index in [1.54, 1.807) is 30.3 Å². The van der Waals surface area contributed by atoms with Gasteiger partial charge in [0.15, 0.2) is 18.1 Å². The third-order valence-corrected chi connectivity index (χ3v) is 3.87. The molecule has 0 bridgehead atoms. The molecule has 0 saturated heterocycles. The van der Waals surface area contributed by atoms with Crippen molar-refractivity contribution in [3.05, 3.63) is 58.6 Å². The lowest BCUT2D eigenvalue weighted by atomic mass is 10.1. The van der Waals surface area contributed by atoms with Crippen LogP contribution in [0.2, 0.25) is 5.02 Å². The lowest BCUT2D eigenvalue weighted by Crippen LogP contribution is -2.23. The molecular formula is C19H19ClF3NO3. The van der Waals surface area contributed by atoms with E-state index in [-0.39, 0.29) is 23.8 Å². The smallest absolute Gasteiger partial charge is 0.422 e. The van der Waals surface area contributed by atoms with Crippen molar-refractivity contribution in [1.29, 1.82) is 0 Å². The van der Waals surface area contributed by atoms with Gasteiger partial charge in [-0.2, -0.15) is 13.2 Å². The van der Waals surface area contributed by atoms with E-state index in [0.717, 1.165) is 11.1 Å². The van der Waals surface area contributed by atoms with Crippen LogP contribution in [0.15, 0.2) is 42.5 Å². The normalized spacial score (nSPS) is 11.1. The molecule has 0 radical (unpaired) electrons. The van der Waals surface area contributed by atoms with Gasteiger partial charge in [0, 0.05) is 18.0 Å². The molecule has 27 heavy (non-hydrogen) atoms. The summed E-state index contributed by atoms with van der Waals surface area (Å²) in [7, 11) is 1.34. The minimum Gasteiger partial charge on any atom is -0.493 e. The molecule has 4 nitrogen and oxygen atoms in total. The van der Waals surface area contributed by atoms with Gasteiger partial charge in [0.2, 0.25) is 5.91 Å². The minimum absolute atomic E-state index is 0.00369. The Hall–Kier alpha value is -2.41. The standard InChI is InChI=1S/C19H19ClF3NO3/c1-26-17-10-13(5-7-16(17)27-12-19(21,22)23)6-8-18(25)24-11-14-3-2-4-15(20)9-14/h2-5,7,9-10H,6,8,11-12H2,1H3,(H,24,25). The first kappa shape index (κ1) is 20.9. The molecule has 0 saturated carbocycles. The highest BCUT2D eigenvalue weighted by Gasteiger charge is 2.29. The Bertz CT molecular complexity index is 781. The first-order valence-electron chi connectivity index (χ1n) is 8.14. The van der Waals surface area contributed by atoms with Crippen molar-refractivity contribution in [3.63, 3.8) is 0 Å². The Labute approximate surface area is 160 Å². The molecule has 0 aliphatic rings.